The van der Waals surface area contributed by atoms with E-state index in [9.17, 15) is 18.0 Å². The van der Waals surface area contributed by atoms with Crippen molar-refractivity contribution in [2.45, 2.75) is 19.6 Å². The molecule has 4 rings (SSSR count). The highest BCUT2D eigenvalue weighted by molar-refractivity contribution is 6.04. The van der Waals surface area contributed by atoms with Gasteiger partial charge in [0.05, 0.1) is 11.3 Å². The average Bonchev–Trinajstić information content (AvgIpc) is 2.86. The van der Waals surface area contributed by atoms with Crippen LogP contribution in [0.2, 0.25) is 0 Å². The van der Waals surface area contributed by atoms with Crippen molar-refractivity contribution >= 4 is 23.2 Å². The zero-order valence-electron chi connectivity index (χ0n) is 20.6. The first-order valence-electron chi connectivity index (χ1n) is 11.5. The molecule has 0 spiro atoms. The number of benzene rings is 3. The molecule has 0 unspecified atom stereocenters. The molecule has 0 fully saturated rings. The van der Waals surface area contributed by atoms with Crippen LogP contribution in [0.4, 0.5) is 30.5 Å². The monoisotopic (exact) mass is 505 g/mol. The lowest BCUT2D eigenvalue weighted by Gasteiger charge is -2.14. The Labute approximate surface area is 213 Å². The number of hydrogen-bond donors (Lipinski definition) is 2. The number of hydrogen-bond acceptors (Lipinski definition) is 5. The topological polar surface area (TPSA) is 70.2 Å². The van der Waals surface area contributed by atoms with Gasteiger partial charge in [0.1, 0.15) is 0 Å². The van der Waals surface area contributed by atoms with Crippen LogP contribution in [0, 0.1) is 6.92 Å². The van der Waals surface area contributed by atoms with Crippen LogP contribution in [0.25, 0.3) is 11.3 Å². The predicted octanol–water partition coefficient (Wildman–Crippen LogP) is 6.53. The quantitative estimate of drug-likeness (QED) is 0.299. The minimum Gasteiger partial charge on any atom is -0.324 e. The predicted molar refractivity (Wildman–Crippen MR) is 139 cm³/mol. The molecular formula is C28H26F3N5O. The van der Waals surface area contributed by atoms with Gasteiger partial charge in [-0.25, -0.2) is 9.97 Å². The first kappa shape index (κ1) is 25.8. The first-order valence-corrected chi connectivity index (χ1v) is 11.5. The number of nitrogens with one attached hydrogen (secondary N) is 2. The molecule has 190 valence electrons. The van der Waals surface area contributed by atoms with E-state index in [0.29, 0.717) is 22.5 Å². The lowest BCUT2D eigenvalue weighted by Crippen LogP contribution is -2.14. The average molecular weight is 506 g/mol. The van der Waals surface area contributed by atoms with Crippen LogP contribution >= 0.6 is 0 Å². The fourth-order valence-electron chi connectivity index (χ4n) is 3.73. The van der Waals surface area contributed by atoms with Gasteiger partial charge in [0.2, 0.25) is 5.95 Å². The van der Waals surface area contributed by atoms with Gasteiger partial charge in [-0.15, -0.1) is 0 Å². The summed E-state index contributed by atoms with van der Waals surface area (Å²) in [6.07, 6.45) is -2.97. The minimum absolute atomic E-state index is 0.223. The molecule has 0 aliphatic rings. The molecule has 0 aliphatic heterocycles. The summed E-state index contributed by atoms with van der Waals surface area (Å²) in [6, 6.07) is 19.3. The van der Waals surface area contributed by atoms with Gasteiger partial charge in [-0.3, -0.25) is 4.79 Å². The molecule has 0 aliphatic carbocycles. The maximum atomic E-state index is 13.1. The summed E-state index contributed by atoms with van der Waals surface area (Å²) in [6.45, 7) is 2.70. The maximum absolute atomic E-state index is 13.1. The number of alkyl halides is 3. The Kier molecular flexibility index (Phi) is 7.54. The highest BCUT2D eigenvalue weighted by Crippen LogP contribution is 2.32. The molecule has 1 amide bonds. The number of rotatable bonds is 7. The van der Waals surface area contributed by atoms with E-state index in [1.165, 1.54) is 12.3 Å². The summed E-state index contributed by atoms with van der Waals surface area (Å²) < 4.78 is 39.2. The Morgan fingerprint density at radius 2 is 1.73 bits per heavy atom. The van der Waals surface area contributed by atoms with Crippen molar-refractivity contribution in [1.82, 2.24) is 14.9 Å². The van der Waals surface area contributed by atoms with Crippen LogP contribution in [0.15, 0.2) is 79.0 Å². The van der Waals surface area contributed by atoms with E-state index in [2.05, 4.69) is 25.5 Å². The zero-order valence-corrected chi connectivity index (χ0v) is 20.6. The highest BCUT2D eigenvalue weighted by atomic mass is 19.4. The number of nitrogens with zero attached hydrogens (tertiary/aromatic N) is 3. The van der Waals surface area contributed by atoms with Crippen LogP contribution in [-0.2, 0) is 12.7 Å². The van der Waals surface area contributed by atoms with Crippen LogP contribution in [0.3, 0.4) is 0 Å². The van der Waals surface area contributed by atoms with Crippen molar-refractivity contribution in [2.24, 2.45) is 0 Å². The summed E-state index contributed by atoms with van der Waals surface area (Å²) in [5.41, 5.74) is 3.86. The van der Waals surface area contributed by atoms with E-state index in [1.807, 2.05) is 39.2 Å². The molecule has 0 atom stereocenters. The van der Waals surface area contributed by atoms with Gasteiger partial charge in [-0.1, -0.05) is 24.3 Å². The van der Waals surface area contributed by atoms with Crippen LogP contribution in [0.5, 0.6) is 0 Å². The fraction of sp³-hybridized carbons (Fsp3) is 0.179. The van der Waals surface area contributed by atoms with Crippen molar-refractivity contribution in [1.29, 1.82) is 0 Å². The number of amides is 1. The first-order chi connectivity index (χ1) is 17.6. The van der Waals surface area contributed by atoms with E-state index in [1.54, 1.807) is 36.4 Å². The normalized spacial score (nSPS) is 11.4. The van der Waals surface area contributed by atoms with E-state index in [0.717, 1.165) is 35.5 Å². The third-order valence-electron chi connectivity index (χ3n) is 5.59. The molecule has 3 aromatic carbocycles. The van der Waals surface area contributed by atoms with Gasteiger partial charge < -0.3 is 15.5 Å². The zero-order chi connectivity index (χ0) is 26.6. The van der Waals surface area contributed by atoms with Gasteiger partial charge in [0, 0.05) is 35.2 Å². The van der Waals surface area contributed by atoms with Gasteiger partial charge in [0.15, 0.2) is 0 Å². The van der Waals surface area contributed by atoms with Crippen molar-refractivity contribution in [3.05, 3.63) is 101 Å². The third-order valence-corrected chi connectivity index (χ3v) is 5.59. The van der Waals surface area contributed by atoms with Crippen LogP contribution in [-0.4, -0.2) is 34.9 Å². The molecular weight excluding hydrogens is 479 g/mol. The van der Waals surface area contributed by atoms with Gasteiger partial charge >= 0.3 is 6.18 Å². The van der Waals surface area contributed by atoms with E-state index in [-0.39, 0.29) is 11.9 Å². The molecule has 4 aromatic rings. The smallest absolute Gasteiger partial charge is 0.324 e. The molecule has 37 heavy (non-hydrogen) atoms. The number of carbonyl (C=O) groups is 1. The number of halogens is 3. The SMILES string of the molecule is Cc1ccc(CN(C)C)cc1NC(=O)c1ccc(Nc2nccc(-c3cccc(C(F)(F)F)c3)n2)cc1. The maximum Gasteiger partial charge on any atom is 0.416 e. The summed E-state index contributed by atoms with van der Waals surface area (Å²) in [5, 5.41) is 6.00. The van der Waals surface area contributed by atoms with E-state index in [4.69, 9.17) is 0 Å². The van der Waals surface area contributed by atoms with Crippen molar-refractivity contribution < 1.29 is 18.0 Å². The number of aryl methyl sites for hydroxylation is 1. The summed E-state index contributed by atoms with van der Waals surface area (Å²) in [4.78, 5) is 23.4. The number of aromatic nitrogens is 2. The Morgan fingerprint density at radius 3 is 2.43 bits per heavy atom. The molecule has 0 bridgehead atoms. The second-order valence-electron chi connectivity index (χ2n) is 8.89. The van der Waals surface area contributed by atoms with E-state index < -0.39 is 11.7 Å². The van der Waals surface area contributed by atoms with Gasteiger partial charge in [-0.2, -0.15) is 13.2 Å². The molecule has 9 heteroatoms. The molecule has 1 aromatic heterocycles. The second-order valence-corrected chi connectivity index (χ2v) is 8.89. The highest BCUT2D eigenvalue weighted by Gasteiger charge is 2.30. The number of anilines is 3. The largest absolute Gasteiger partial charge is 0.416 e. The van der Waals surface area contributed by atoms with Crippen LogP contribution < -0.4 is 10.6 Å². The molecule has 0 saturated heterocycles. The minimum atomic E-state index is -4.44. The molecule has 6 nitrogen and oxygen atoms in total. The third kappa shape index (κ3) is 6.71. The van der Waals surface area contributed by atoms with Crippen molar-refractivity contribution in [2.75, 3.05) is 24.7 Å². The van der Waals surface area contributed by atoms with Gasteiger partial charge in [-0.05, 0) is 80.7 Å². The lowest BCUT2D eigenvalue weighted by molar-refractivity contribution is -0.137. The summed E-state index contributed by atoms with van der Waals surface area (Å²) >= 11 is 0. The Hall–Kier alpha value is -4.24. The Morgan fingerprint density at radius 1 is 0.973 bits per heavy atom. The summed E-state index contributed by atoms with van der Waals surface area (Å²) in [5.74, 6) is -0.0140. The molecule has 2 N–H and O–H groups in total. The van der Waals surface area contributed by atoms with Crippen molar-refractivity contribution in [3.63, 3.8) is 0 Å². The Bertz CT molecular complexity index is 1400. The van der Waals surface area contributed by atoms with Crippen molar-refractivity contribution in [3.8, 4) is 11.3 Å². The summed E-state index contributed by atoms with van der Waals surface area (Å²) in [7, 11) is 3.97. The lowest BCUT2D eigenvalue weighted by atomic mass is 10.1. The van der Waals surface area contributed by atoms with E-state index >= 15 is 0 Å². The van der Waals surface area contributed by atoms with Crippen LogP contribution in [0.1, 0.15) is 27.0 Å². The number of carbonyl (C=O) groups excluding carboxylic acids is 1. The molecule has 1 heterocycles. The Balaban J connectivity index is 1.46. The second kappa shape index (κ2) is 10.8. The van der Waals surface area contributed by atoms with Gasteiger partial charge in [0.25, 0.3) is 5.91 Å². The standard InChI is InChI=1S/C28H26F3N5O/c1-18-7-8-19(17-36(2)3)15-25(18)34-26(37)20-9-11-23(12-10-20)33-27-32-14-13-24(35-27)21-5-4-6-22(16-21)28(29,30)31/h4-16H,17H2,1-3H3,(H,34,37)(H,32,33,35). The fourth-order valence-corrected chi connectivity index (χ4v) is 3.73. The molecule has 0 saturated carbocycles. The molecule has 0 radical (unpaired) electrons.